The van der Waals surface area contributed by atoms with Gasteiger partial charge in [-0.3, -0.25) is 4.79 Å². The van der Waals surface area contributed by atoms with Gasteiger partial charge < -0.3 is 5.11 Å². The summed E-state index contributed by atoms with van der Waals surface area (Å²) in [6, 6.07) is 2.95. The van der Waals surface area contributed by atoms with Gasteiger partial charge in [-0.1, -0.05) is 12.1 Å². The van der Waals surface area contributed by atoms with Gasteiger partial charge in [0.2, 0.25) is 5.95 Å². The van der Waals surface area contributed by atoms with Gasteiger partial charge in [0, 0.05) is 0 Å². The van der Waals surface area contributed by atoms with Gasteiger partial charge in [-0.2, -0.15) is 17.6 Å². The lowest BCUT2D eigenvalue weighted by Gasteiger charge is -2.12. The maximum absolute atomic E-state index is 14.2. The Morgan fingerprint density at radius 2 is 1.78 bits per heavy atom. The number of carboxylic acid groups (broad SMARTS) is 1. The smallest absolute Gasteiger partial charge is 0.416 e. The van der Waals surface area contributed by atoms with E-state index in [2.05, 4.69) is 4.98 Å². The van der Waals surface area contributed by atoms with Gasteiger partial charge in [-0.15, -0.1) is 0 Å². The van der Waals surface area contributed by atoms with Crippen molar-refractivity contribution in [2.75, 3.05) is 0 Å². The van der Waals surface area contributed by atoms with E-state index in [4.69, 9.17) is 5.11 Å². The number of aromatic nitrogens is 1. The van der Waals surface area contributed by atoms with Crippen molar-refractivity contribution in [1.29, 1.82) is 0 Å². The third-order valence-corrected chi connectivity index (χ3v) is 2.90. The Labute approximate surface area is 125 Å². The van der Waals surface area contributed by atoms with Crippen molar-refractivity contribution in [2.24, 2.45) is 0 Å². The largest absolute Gasteiger partial charge is 0.481 e. The fourth-order valence-electron chi connectivity index (χ4n) is 1.93. The van der Waals surface area contributed by atoms with E-state index in [1.165, 1.54) is 0 Å². The Balaban J connectivity index is 2.68. The van der Waals surface area contributed by atoms with Crippen LogP contribution < -0.4 is 0 Å². The predicted molar refractivity (Wildman–Crippen MR) is 65.9 cm³/mol. The summed E-state index contributed by atoms with van der Waals surface area (Å²) in [7, 11) is 0. The Hall–Kier alpha value is -2.58. The van der Waals surface area contributed by atoms with Crippen LogP contribution in [0.25, 0.3) is 11.1 Å². The molecule has 9 heteroatoms. The summed E-state index contributed by atoms with van der Waals surface area (Å²) in [4.78, 5) is 13.4. The molecule has 3 nitrogen and oxygen atoms in total. The van der Waals surface area contributed by atoms with Crippen molar-refractivity contribution in [3.8, 4) is 11.1 Å². The number of benzene rings is 1. The average Bonchev–Trinajstić information content (AvgIpc) is 2.44. The first-order valence-corrected chi connectivity index (χ1v) is 6.04. The highest BCUT2D eigenvalue weighted by Crippen LogP contribution is 2.34. The van der Waals surface area contributed by atoms with Crippen LogP contribution in [0.15, 0.2) is 24.3 Å². The average molecular weight is 335 g/mol. The zero-order valence-electron chi connectivity index (χ0n) is 11.1. The molecule has 0 aliphatic carbocycles. The van der Waals surface area contributed by atoms with Gasteiger partial charge in [-0.25, -0.2) is 13.8 Å². The van der Waals surface area contributed by atoms with Crippen molar-refractivity contribution in [3.05, 3.63) is 53.1 Å². The van der Waals surface area contributed by atoms with E-state index in [0.717, 1.165) is 12.1 Å². The van der Waals surface area contributed by atoms with Crippen LogP contribution in [0.2, 0.25) is 0 Å². The van der Waals surface area contributed by atoms with E-state index in [1.807, 2.05) is 0 Å². The van der Waals surface area contributed by atoms with Crippen molar-refractivity contribution in [3.63, 3.8) is 0 Å². The first-order chi connectivity index (χ1) is 10.6. The van der Waals surface area contributed by atoms with Gasteiger partial charge in [0.05, 0.1) is 23.2 Å². The van der Waals surface area contributed by atoms with Crippen LogP contribution >= 0.6 is 0 Å². The fraction of sp³-hybridized carbons (Fsp3) is 0.143. The number of halogens is 6. The number of alkyl halides is 3. The molecule has 0 spiro atoms. The summed E-state index contributed by atoms with van der Waals surface area (Å²) >= 11 is 0. The topological polar surface area (TPSA) is 50.2 Å². The maximum Gasteiger partial charge on any atom is 0.416 e. The summed E-state index contributed by atoms with van der Waals surface area (Å²) in [5, 5.41) is 8.59. The monoisotopic (exact) mass is 335 g/mol. The van der Waals surface area contributed by atoms with Crippen LogP contribution in [0.4, 0.5) is 26.3 Å². The molecule has 2 aromatic rings. The number of rotatable bonds is 3. The molecule has 122 valence electrons. The summed E-state index contributed by atoms with van der Waals surface area (Å²) < 4.78 is 79.4. The molecule has 0 radical (unpaired) electrons. The molecule has 0 aliphatic heterocycles. The van der Waals surface area contributed by atoms with Crippen molar-refractivity contribution < 1.29 is 36.2 Å². The van der Waals surface area contributed by atoms with Crippen LogP contribution in [0.5, 0.6) is 0 Å². The lowest BCUT2D eigenvalue weighted by Crippen LogP contribution is -2.10. The Bertz CT molecular complexity index is 773. The molecule has 1 N–H and O–H groups in total. The standard InChI is InChI=1S/C14H7F6NO2/c15-11-8(5-9(22)23)21-13(17)12(16)10(11)6-2-1-3-7(4-6)14(18,19)20/h1-4H,5H2,(H,22,23). The molecule has 0 atom stereocenters. The van der Waals surface area contributed by atoms with Crippen LogP contribution in [0, 0.1) is 17.6 Å². The Morgan fingerprint density at radius 3 is 2.35 bits per heavy atom. The number of carbonyl (C=O) groups is 1. The highest BCUT2D eigenvalue weighted by molar-refractivity contribution is 5.72. The van der Waals surface area contributed by atoms with E-state index in [9.17, 15) is 31.1 Å². The number of hydrogen-bond acceptors (Lipinski definition) is 2. The molecule has 0 fully saturated rings. The van der Waals surface area contributed by atoms with E-state index in [1.54, 1.807) is 0 Å². The Kier molecular flexibility index (Phi) is 4.31. The molecular formula is C14H7F6NO2. The first-order valence-electron chi connectivity index (χ1n) is 6.04. The van der Waals surface area contributed by atoms with Crippen molar-refractivity contribution in [1.82, 2.24) is 4.98 Å². The van der Waals surface area contributed by atoms with Gasteiger partial charge in [0.25, 0.3) is 0 Å². The summed E-state index contributed by atoms with van der Waals surface area (Å²) in [6.45, 7) is 0. The Morgan fingerprint density at radius 1 is 1.13 bits per heavy atom. The fourth-order valence-corrected chi connectivity index (χ4v) is 1.93. The lowest BCUT2D eigenvalue weighted by atomic mass is 10.0. The number of nitrogens with zero attached hydrogens (tertiary/aromatic N) is 1. The minimum absolute atomic E-state index is 0.436. The molecule has 1 heterocycles. The van der Waals surface area contributed by atoms with Gasteiger partial charge in [-0.05, 0) is 17.7 Å². The molecule has 0 bridgehead atoms. The highest BCUT2D eigenvalue weighted by Gasteiger charge is 2.31. The number of aliphatic carboxylic acids is 1. The van der Waals surface area contributed by atoms with Gasteiger partial charge in [0.1, 0.15) is 0 Å². The van der Waals surface area contributed by atoms with Crippen LogP contribution in [0.1, 0.15) is 11.3 Å². The minimum Gasteiger partial charge on any atom is -0.481 e. The normalized spacial score (nSPS) is 11.6. The zero-order chi connectivity index (χ0) is 17.4. The number of carboxylic acids is 1. The molecule has 0 unspecified atom stereocenters. The predicted octanol–water partition coefficient (Wildman–Crippen LogP) is 3.81. The van der Waals surface area contributed by atoms with E-state index in [-0.39, 0.29) is 0 Å². The molecule has 1 aromatic heterocycles. The first kappa shape index (κ1) is 16.8. The SMILES string of the molecule is O=C(O)Cc1nc(F)c(F)c(-c2cccc(C(F)(F)F)c2)c1F. The highest BCUT2D eigenvalue weighted by atomic mass is 19.4. The molecular weight excluding hydrogens is 328 g/mol. The molecule has 1 aromatic carbocycles. The van der Waals surface area contributed by atoms with Crippen LogP contribution in [-0.4, -0.2) is 16.1 Å². The second-order valence-electron chi connectivity index (χ2n) is 4.50. The second kappa shape index (κ2) is 5.90. The summed E-state index contributed by atoms with van der Waals surface area (Å²) in [6.07, 6.45) is -5.81. The minimum atomic E-state index is -4.77. The quantitative estimate of drug-likeness (QED) is 0.685. The molecule has 0 saturated heterocycles. The molecule has 23 heavy (non-hydrogen) atoms. The second-order valence-corrected chi connectivity index (χ2v) is 4.50. The van der Waals surface area contributed by atoms with Crippen LogP contribution in [-0.2, 0) is 17.4 Å². The van der Waals surface area contributed by atoms with E-state index < -0.39 is 58.5 Å². The number of hydrogen-bond donors (Lipinski definition) is 1. The molecule has 0 amide bonds. The summed E-state index contributed by atoms with van der Waals surface area (Å²) in [5.74, 6) is -6.67. The van der Waals surface area contributed by atoms with E-state index in [0.29, 0.717) is 12.1 Å². The third-order valence-electron chi connectivity index (χ3n) is 2.90. The lowest BCUT2D eigenvalue weighted by molar-refractivity contribution is -0.138. The molecule has 0 aliphatic rings. The maximum atomic E-state index is 14.2. The molecule has 2 rings (SSSR count). The zero-order valence-corrected chi connectivity index (χ0v) is 11.1. The van der Waals surface area contributed by atoms with Gasteiger partial charge in [0.15, 0.2) is 11.6 Å². The molecule has 0 saturated carbocycles. The van der Waals surface area contributed by atoms with E-state index >= 15 is 0 Å². The summed E-state index contributed by atoms with van der Waals surface area (Å²) in [5.41, 5.74) is -3.78. The third kappa shape index (κ3) is 3.43. The van der Waals surface area contributed by atoms with Crippen LogP contribution in [0.3, 0.4) is 0 Å². The van der Waals surface area contributed by atoms with Gasteiger partial charge >= 0.3 is 12.1 Å². The number of pyridine rings is 1. The van der Waals surface area contributed by atoms with Crippen molar-refractivity contribution >= 4 is 5.97 Å². The van der Waals surface area contributed by atoms with Crippen molar-refractivity contribution in [2.45, 2.75) is 12.6 Å².